The Morgan fingerprint density at radius 3 is 2.69 bits per heavy atom. The molecule has 8 nitrogen and oxygen atoms in total. The van der Waals surface area contributed by atoms with E-state index >= 15 is 0 Å². The Kier molecular flexibility index (Phi) is 6.74. The number of aliphatic carboxylic acids is 1. The highest BCUT2D eigenvalue weighted by molar-refractivity contribution is 7.87. The SMILES string of the molecule is Cc1ccc(NC(=O)CCNS(=O)(=O)N2CCCC(C(=O)O)C2)c(C)c1. The number of carboxylic acid groups (broad SMARTS) is 1. The predicted octanol–water partition coefficient (Wildman–Crippen LogP) is 1.26. The van der Waals surface area contributed by atoms with E-state index in [0.717, 1.165) is 15.4 Å². The molecule has 1 aromatic rings. The number of carboxylic acids is 1. The van der Waals surface area contributed by atoms with E-state index in [0.29, 0.717) is 18.5 Å². The number of hydrogen-bond donors (Lipinski definition) is 3. The summed E-state index contributed by atoms with van der Waals surface area (Å²) in [6.07, 6.45) is 0.966. The zero-order valence-corrected chi connectivity index (χ0v) is 15.8. The van der Waals surface area contributed by atoms with Crippen molar-refractivity contribution in [2.75, 3.05) is 25.0 Å². The highest BCUT2D eigenvalue weighted by Gasteiger charge is 2.31. The summed E-state index contributed by atoms with van der Waals surface area (Å²) in [6, 6.07) is 5.65. The summed E-state index contributed by atoms with van der Waals surface area (Å²) in [7, 11) is -3.79. The fourth-order valence-electron chi connectivity index (χ4n) is 2.91. The van der Waals surface area contributed by atoms with Crippen LogP contribution in [-0.2, 0) is 19.8 Å². The number of carbonyl (C=O) groups is 2. The number of nitrogens with zero attached hydrogens (tertiary/aromatic N) is 1. The van der Waals surface area contributed by atoms with Gasteiger partial charge in [-0.05, 0) is 38.3 Å². The Bertz CT molecular complexity index is 779. The average Bonchev–Trinajstić information content (AvgIpc) is 2.57. The van der Waals surface area contributed by atoms with Crippen molar-refractivity contribution in [3.05, 3.63) is 29.3 Å². The maximum absolute atomic E-state index is 12.3. The van der Waals surface area contributed by atoms with Crippen molar-refractivity contribution >= 4 is 27.8 Å². The highest BCUT2D eigenvalue weighted by atomic mass is 32.2. The van der Waals surface area contributed by atoms with E-state index in [2.05, 4.69) is 10.0 Å². The van der Waals surface area contributed by atoms with Gasteiger partial charge in [-0.2, -0.15) is 12.7 Å². The molecular formula is C17H25N3O5S. The van der Waals surface area contributed by atoms with Crippen LogP contribution >= 0.6 is 0 Å². The second-order valence-corrected chi connectivity index (χ2v) is 8.31. The van der Waals surface area contributed by atoms with Crippen LogP contribution in [-0.4, -0.2) is 49.3 Å². The van der Waals surface area contributed by atoms with E-state index in [9.17, 15) is 18.0 Å². The molecule has 0 saturated carbocycles. The quantitative estimate of drug-likeness (QED) is 0.656. The Morgan fingerprint density at radius 2 is 2.04 bits per heavy atom. The number of nitrogens with one attached hydrogen (secondary N) is 2. The molecule has 1 fully saturated rings. The first kappa shape index (κ1) is 20.3. The minimum Gasteiger partial charge on any atom is -0.481 e. The zero-order valence-electron chi connectivity index (χ0n) is 15.0. The highest BCUT2D eigenvalue weighted by Crippen LogP contribution is 2.19. The molecule has 26 heavy (non-hydrogen) atoms. The topological polar surface area (TPSA) is 116 Å². The van der Waals surface area contributed by atoms with Gasteiger partial charge in [0.15, 0.2) is 0 Å². The van der Waals surface area contributed by atoms with Gasteiger partial charge in [-0.3, -0.25) is 9.59 Å². The molecule has 1 aliphatic rings. The molecule has 0 spiro atoms. The third-order valence-corrected chi connectivity index (χ3v) is 5.95. The molecule has 1 aliphatic heterocycles. The van der Waals surface area contributed by atoms with E-state index in [1.807, 2.05) is 32.0 Å². The summed E-state index contributed by atoms with van der Waals surface area (Å²) in [5.74, 6) is -1.97. The largest absolute Gasteiger partial charge is 0.481 e. The maximum Gasteiger partial charge on any atom is 0.307 e. The third-order valence-electron chi connectivity index (χ3n) is 4.37. The number of amides is 1. The van der Waals surface area contributed by atoms with Gasteiger partial charge in [0.2, 0.25) is 5.91 Å². The normalized spacial score (nSPS) is 18.5. The first-order chi connectivity index (χ1) is 12.2. The summed E-state index contributed by atoms with van der Waals surface area (Å²) >= 11 is 0. The number of piperidine rings is 1. The van der Waals surface area contributed by atoms with Crippen LogP contribution in [0.3, 0.4) is 0 Å². The van der Waals surface area contributed by atoms with Gasteiger partial charge in [-0.1, -0.05) is 17.7 Å². The van der Waals surface area contributed by atoms with Crippen molar-refractivity contribution in [1.82, 2.24) is 9.03 Å². The molecule has 9 heteroatoms. The van der Waals surface area contributed by atoms with E-state index < -0.39 is 22.1 Å². The molecule has 1 atom stereocenters. The Balaban J connectivity index is 1.84. The van der Waals surface area contributed by atoms with Crippen LogP contribution < -0.4 is 10.0 Å². The molecule has 0 bridgehead atoms. The summed E-state index contributed by atoms with van der Waals surface area (Å²) in [5, 5.41) is 11.8. The summed E-state index contributed by atoms with van der Waals surface area (Å²) in [6.45, 7) is 4.05. The van der Waals surface area contributed by atoms with Crippen LogP contribution in [0.4, 0.5) is 5.69 Å². The van der Waals surface area contributed by atoms with Crippen molar-refractivity contribution < 1.29 is 23.1 Å². The molecule has 1 aromatic carbocycles. The molecule has 1 heterocycles. The van der Waals surface area contributed by atoms with Gasteiger partial charge in [0.05, 0.1) is 5.92 Å². The Morgan fingerprint density at radius 1 is 1.31 bits per heavy atom. The number of anilines is 1. The smallest absolute Gasteiger partial charge is 0.307 e. The second kappa shape index (κ2) is 8.61. The molecule has 3 N–H and O–H groups in total. The molecule has 1 unspecified atom stereocenters. The van der Waals surface area contributed by atoms with Gasteiger partial charge in [0.1, 0.15) is 0 Å². The molecular weight excluding hydrogens is 358 g/mol. The number of benzene rings is 1. The van der Waals surface area contributed by atoms with E-state index in [4.69, 9.17) is 5.11 Å². The number of carbonyl (C=O) groups excluding carboxylic acids is 1. The second-order valence-electron chi connectivity index (χ2n) is 6.55. The first-order valence-corrected chi connectivity index (χ1v) is 9.97. The van der Waals surface area contributed by atoms with E-state index in [1.54, 1.807) is 0 Å². The van der Waals surface area contributed by atoms with Crippen molar-refractivity contribution in [1.29, 1.82) is 0 Å². The van der Waals surface area contributed by atoms with Gasteiger partial charge >= 0.3 is 5.97 Å². The molecule has 0 aliphatic carbocycles. The lowest BCUT2D eigenvalue weighted by atomic mass is 10.0. The van der Waals surface area contributed by atoms with Crippen LogP contribution in [0, 0.1) is 19.8 Å². The van der Waals surface area contributed by atoms with Gasteiger partial charge in [-0.25, -0.2) is 4.72 Å². The lowest BCUT2D eigenvalue weighted by Gasteiger charge is -2.29. The standard InChI is InChI=1S/C17H25N3O5S/c1-12-5-6-15(13(2)10-12)19-16(21)7-8-18-26(24,25)20-9-3-4-14(11-20)17(22)23/h5-6,10,14,18H,3-4,7-9,11H2,1-2H3,(H,19,21)(H,22,23). The number of rotatable bonds is 7. The summed E-state index contributed by atoms with van der Waals surface area (Å²) in [4.78, 5) is 23.1. The molecule has 0 radical (unpaired) electrons. The lowest BCUT2D eigenvalue weighted by molar-refractivity contribution is -0.142. The summed E-state index contributed by atoms with van der Waals surface area (Å²) < 4.78 is 28.1. The fraction of sp³-hybridized carbons (Fsp3) is 0.529. The molecule has 1 amide bonds. The average molecular weight is 383 g/mol. The predicted molar refractivity (Wildman–Crippen MR) is 98.0 cm³/mol. The zero-order chi connectivity index (χ0) is 19.3. The Hall–Kier alpha value is -1.97. The molecule has 1 saturated heterocycles. The van der Waals surface area contributed by atoms with Crippen molar-refractivity contribution in [2.24, 2.45) is 5.92 Å². The fourth-order valence-corrected chi connectivity index (χ4v) is 4.20. The van der Waals surface area contributed by atoms with Gasteiger partial charge in [-0.15, -0.1) is 0 Å². The first-order valence-electron chi connectivity index (χ1n) is 8.53. The van der Waals surface area contributed by atoms with Gasteiger partial charge in [0.25, 0.3) is 10.2 Å². The maximum atomic E-state index is 12.3. The molecule has 2 rings (SSSR count). The van der Waals surface area contributed by atoms with E-state index in [1.165, 1.54) is 0 Å². The van der Waals surface area contributed by atoms with Crippen LogP contribution in [0.25, 0.3) is 0 Å². The van der Waals surface area contributed by atoms with Crippen molar-refractivity contribution in [3.63, 3.8) is 0 Å². The minimum absolute atomic E-state index is 0.0112. The minimum atomic E-state index is -3.79. The third kappa shape index (κ3) is 5.52. The van der Waals surface area contributed by atoms with Crippen LogP contribution in [0.15, 0.2) is 18.2 Å². The molecule has 0 aromatic heterocycles. The van der Waals surface area contributed by atoms with Gasteiger partial charge < -0.3 is 10.4 Å². The number of hydrogen-bond acceptors (Lipinski definition) is 4. The van der Waals surface area contributed by atoms with Crippen LogP contribution in [0.5, 0.6) is 0 Å². The molecule has 144 valence electrons. The van der Waals surface area contributed by atoms with Crippen molar-refractivity contribution in [3.8, 4) is 0 Å². The lowest BCUT2D eigenvalue weighted by Crippen LogP contribution is -2.47. The van der Waals surface area contributed by atoms with Crippen molar-refractivity contribution in [2.45, 2.75) is 33.1 Å². The van der Waals surface area contributed by atoms with Crippen LogP contribution in [0.1, 0.15) is 30.4 Å². The van der Waals surface area contributed by atoms with Gasteiger partial charge in [0, 0.05) is 31.7 Å². The number of aryl methyl sites for hydroxylation is 2. The van der Waals surface area contributed by atoms with E-state index in [-0.39, 0.29) is 32.0 Å². The monoisotopic (exact) mass is 383 g/mol. The Labute approximate surface area is 153 Å². The van der Waals surface area contributed by atoms with Crippen LogP contribution in [0.2, 0.25) is 0 Å². The summed E-state index contributed by atoms with van der Waals surface area (Å²) in [5.41, 5.74) is 2.73.